The second-order valence-electron chi connectivity index (χ2n) is 6.85. The Morgan fingerprint density at radius 2 is 1.17 bits per heavy atom. The van der Waals surface area contributed by atoms with Crippen molar-refractivity contribution in [2.24, 2.45) is 0 Å². The zero-order chi connectivity index (χ0) is 16.6. The van der Waals surface area contributed by atoms with Crippen molar-refractivity contribution in [1.29, 1.82) is 0 Å². The standard InChI is InChI=1S/C23H22Si/c1-18-17-19-11-9-10-16-22(19)23(18)24(2,20-12-5-3-6-13-20)21-14-7-4-8-15-21/h3-16H,17H2,1-2H3. The highest BCUT2D eigenvalue weighted by Crippen LogP contribution is 2.38. The minimum absolute atomic E-state index is 1.09. The summed E-state index contributed by atoms with van der Waals surface area (Å²) in [6.45, 7) is 4.84. The number of hydrogen-bond donors (Lipinski definition) is 0. The molecule has 3 aromatic rings. The summed E-state index contributed by atoms with van der Waals surface area (Å²) in [5.41, 5.74) is 4.49. The van der Waals surface area contributed by atoms with Crippen LogP contribution in [-0.2, 0) is 6.42 Å². The topological polar surface area (TPSA) is 0 Å². The predicted molar refractivity (Wildman–Crippen MR) is 107 cm³/mol. The van der Waals surface area contributed by atoms with Gasteiger partial charge in [-0.15, -0.1) is 0 Å². The first-order valence-corrected chi connectivity index (χ1v) is 11.1. The molecule has 0 saturated heterocycles. The molecule has 0 amide bonds. The van der Waals surface area contributed by atoms with E-state index in [9.17, 15) is 0 Å². The highest BCUT2D eigenvalue weighted by atomic mass is 28.3. The summed E-state index contributed by atoms with van der Waals surface area (Å²) in [6.07, 6.45) is 1.09. The van der Waals surface area contributed by atoms with E-state index in [4.69, 9.17) is 0 Å². The van der Waals surface area contributed by atoms with Gasteiger partial charge in [0.15, 0.2) is 0 Å². The zero-order valence-corrected chi connectivity index (χ0v) is 15.3. The van der Waals surface area contributed by atoms with Crippen molar-refractivity contribution in [3.05, 3.63) is 102 Å². The van der Waals surface area contributed by atoms with Crippen LogP contribution in [0, 0.1) is 0 Å². The van der Waals surface area contributed by atoms with Crippen LogP contribution >= 0.6 is 0 Å². The third-order valence-corrected chi connectivity index (χ3v) is 10.0. The van der Waals surface area contributed by atoms with Crippen molar-refractivity contribution in [2.45, 2.75) is 19.9 Å². The van der Waals surface area contributed by atoms with E-state index in [2.05, 4.69) is 98.4 Å². The Labute approximate surface area is 145 Å². The molecule has 0 spiro atoms. The van der Waals surface area contributed by atoms with Crippen LogP contribution in [0.5, 0.6) is 0 Å². The van der Waals surface area contributed by atoms with Gasteiger partial charge in [0, 0.05) is 0 Å². The molecule has 1 aliphatic rings. The molecule has 0 N–H and O–H groups in total. The van der Waals surface area contributed by atoms with E-state index >= 15 is 0 Å². The molecule has 0 saturated carbocycles. The maximum absolute atomic E-state index is 2.51. The van der Waals surface area contributed by atoms with E-state index in [0.717, 1.165) is 6.42 Å². The van der Waals surface area contributed by atoms with E-state index in [1.54, 1.807) is 5.20 Å². The molecule has 1 heteroatoms. The van der Waals surface area contributed by atoms with Crippen LogP contribution in [-0.4, -0.2) is 8.07 Å². The van der Waals surface area contributed by atoms with Gasteiger partial charge in [0.05, 0.1) is 0 Å². The number of hydrogen-bond acceptors (Lipinski definition) is 0. The molecule has 0 radical (unpaired) electrons. The quantitative estimate of drug-likeness (QED) is 0.624. The van der Waals surface area contributed by atoms with Gasteiger partial charge >= 0.3 is 0 Å². The third kappa shape index (κ3) is 2.28. The lowest BCUT2D eigenvalue weighted by atomic mass is 10.1. The van der Waals surface area contributed by atoms with Gasteiger partial charge in [-0.2, -0.15) is 0 Å². The van der Waals surface area contributed by atoms with Crippen LogP contribution in [0.25, 0.3) is 5.20 Å². The number of allylic oxidation sites excluding steroid dienone is 1. The molecule has 0 heterocycles. The normalized spacial score (nSPS) is 13.9. The van der Waals surface area contributed by atoms with Crippen molar-refractivity contribution < 1.29 is 0 Å². The summed E-state index contributed by atoms with van der Waals surface area (Å²) in [5, 5.41) is 4.58. The minimum atomic E-state index is -2.00. The predicted octanol–water partition coefficient (Wildman–Crippen LogP) is 4.45. The van der Waals surface area contributed by atoms with Gasteiger partial charge in [-0.05, 0) is 40.0 Å². The van der Waals surface area contributed by atoms with Crippen LogP contribution in [0.2, 0.25) is 6.55 Å². The van der Waals surface area contributed by atoms with Crippen molar-refractivity contribution in [3.63, 3.8) is 0 Å². The Hall–Kier alpha value is -2.38. The Kier molecular flexibility index (Phi) is 3.74. The van der Waals surface area contributed by atoms with Crippen molar-refractivity contribution >= 4 is 23.6 Å². The third-order valence-electron chi connectivity index (χ3n) is 5.37. The fraction of sp³-hybridized carbons (Fsp3) is 0.130. The summed E-state index contributed by atoms with van der Waals surface area (Å²) in [5.74, 6) is 0. The van der Waals surface area contributed by atoms with Gasteiger partial charge in [-0.3, -0.25) is 0 Å². The van der Waals surface area contributed by atoms with Crippen LogP contribution in [0.1, 0.15) is 18.1 Å². The molecule has 1 aliphatic carbocycles. The second kappa shape index (κ2) is 5.92. The molecule has 0 fully saturated rings. The first-order valence-electron chi connectivity index (χ1n) is 8.61. The molecule has 4 rings (SSSR count). The molecular weight excluding hydrogens is 304 g/mol. The van der Waals surface area contributed by atoms with Crippen LogP contribution in [0.4, 0.5) is 0 Å². The fourth-order valence-corrected chi connectivity index (χ4v) is 8.57. The lowest BCUT2D eigenvalue weighted by molar-refractivity contribution is 1.19. The molecule has 3 aromatic carbocycles. The summed E-state index contributed by atoms with van der Waals surface area (Å²) >= 11 is 0. The van der Waals surface area contributed by atoms with Gasteiger partial charge < -0.3 is 0 Å². The lowest BCUT2D eigenvalue weighted by Gasteiger charge is -2.32. The largest absolute Gasteiger partial charge is 0.146 e. The van der Waals surface area contributed by atoms with Crippen LogP contribution in [0.3, 0.4) is 0 Å². The molecule has 0 aliphatic heterocycles. The smallest absolute Gasteiger partial charge is 0.0683 e. The minimum Gasteiger partial charge on any atom is -0.0683 e. The van der Waals surface area contributed by atoms with Gasteiger partial charge in [0.1, 0.15) is 8.07 Å². The average molecular weight is 327 g/mol. The zero-order valence-electron chi connectivity index (χ0n) is 14.3. The van der Waals surface area contributed by atoms with E-state index in [1.807, 2.05) is 0 Å². The first-order chi connectivity index (χ1) is 11.7. The summed E-state index contributed by atoms with van der Waals surface area (Å²) in [4.78, 5) is 0. The molecule has 0 unspecified atom stereocenters. The molecule has 0 nitrogen and oxygen atoms in total. The monoisotopic (exact) mass is 326 g/mol. The van der Waals surface area contributed by atoms with Gasteiger partial charge in [0.25, 0.3) is 0 Å². The number of benzene rings is 3. The Bertz CT molecular complexity index is 852. The van der Waals surface area contributed by atoms with Crippen LogP contribution in [0.15, 0.2) is 90.5 Å². The molecule has 118 valence electrons. The highest BCUT2D eigenvalue weighted by molar-refractivity contribution is 7.14. The SMILES string of the molecule is CC1=C([Si](C)(c2ccccc2)c2ccccc2)c2ccccc2C1. The summed E-state index contributed by atoms with van der Waals surface area (Å²) < 4.78 is 0. The molecule has 0 atom stereocenters. The molecule has 24 heavy (non-hydrogen) atoms. The molecule has 0 bridgehead atoms. The first kappa shape index (κ1) is 15.2. The second-order valence-corrected chi connectivity index (χ2v) is 10.8. The number of fused-ring (bicyclic) bond motifs is 1. The van der Waals surface area contributed by atoms with Crippen molar-refractivity contribution in [1.82, 2.24) is 0 Å². The van der Waals surface area contributed by atoms with E-state index in [1.165, 1.54) is 27.1 Å². The molecular formula is C23H22Si. The Morgan fingerprint density at radius 1 is 0.667 bits per heavy atom. The fourth-order valence-electron chi connectivity index (χ4n) is 4.22. The van der Waals surface area contributed by atoms with Gasteiger partial charge in [0.2, 0.25) is 0 Å². The van der Waals surface area contributed by atoms with E-state index in [-0.39, 0.29) is 0 Å². The van der Waals surface area contributed by atoms with Crippen LogP contribution < -0.4 is 10.4 Å². The number of rotatable bonds is 3. The van der Waals surface area contributed by atoms with E-state index < -0.39 is 8.07 Å². The highest BCUT2D eigenvalue weighted by Gasteiger charge is 2.40. The van der Waals surface area contributed by atoms with Gasteiger partial charge in [-0.1, -0.05) is 97.0 Å². The van der Waals surface area contributed by atoms with Gasteiger partial charge in [-0.25, -0.2) is 0 Å². The maximum Gasteiger partial charge on any atom is 0.146 e. The Balaban J connectivity index is 2.01. The Morgan fingerprint density at radius 3 is 1.75 bits per heavy atom. The lowest BCUT2D eigenvalue weighted by Crippen LogP contribution is -2.56. The van der Waals surface area contributed by atoms with Crippen molar-refractivity contribution in [3.8, 4) is 0 Å². The van der Waals surface area contributed by atoms with E-state index in [0.29, 0.717) is 0 Å². The maximum atomic E-state index is 2.51. The molecule has 0 aromatic heterocycles. The summed E-state index contributed by atoms with van der Waals surface area (Å²) in [6, 6.07) is 31.2. The average Bonchev–Trinajstić information content (AvgIpc) is 2.99. The van der Waals surface area contributed by atoms with Crippen molar-refractivity contribution in [2.75, 3.05) is 0 Å². The summed E-state index contributed by atoms with van der Waals surface area (Å²) in [7, 11) is -2.00.